The van der Waals surface area contributed by atoms with Crippen LogP contribution in [0.4, 0.5) is 4.79 Å². The number of hydrogen-bond acceptors (Lipinski definition) is 7. The van der Waals surface area contributed by atoms with Crippen molar-refractivity contribution in [2.45, 2.75) is 44.2 Å². The highest BCUT2D eigenvalue weighted by Gasteiger charge is 2.43. The molecule has 3 unspecified atom stereocenters. The lowest BCUT2D eigenvalue weighted by atomic mass is 9.81. The number of aromatic nitrogens is 1. The number of aromatic hydroxyl groups is 1. The molecule has 0 radical (unpaired) electrons. The van der Waals surface area contributed by atoms with Gasteiger partial charge in [-0.1, -0.05) is 72.8 Å². The summed E-state index contributed by atoms with van der Waals surface area (Å²) in [6.07, 6.45) is 0.306. The lowest BCUT2D eigenvalue weighted by molar-refractivity contribution is -0.000812. The molecule has 8 rings (SSSR count). The average Bonchev–Trinajstić information content (AvgIpc) is 3.14. The minimum Gasteiger partial charge on any atom is -0.506 e. The molecule has 3 fully saturated rings. The van der Waals surface area contributed by atoms with Crippen LogP contribution in [0.3, 0.4) is 0 Å². The van der Waals surface area contributed by atoms with Gasteiger partial charge in [0.15, 0.2) is 0 Å². The van der Waals surface area contributed by atoms with E-state index in [4.69, 9.17) is 4.74 Å². The molecule has 5 aromatic rings. The highest BCUT2D eigenvalue weighted by Crippen LogP contribution is 2.39. The van der Waals surface area contributed by atoms with Gasteiger partial charge >= 0.3 is 6.09 Å². The van der Waals surface area contributed by atoms with Crippen LogP contribution in [-0.2, 0) is 13.2 Å². The van der Waals surface area contributed by atoms with Crippen molar-refractivity contribution >= 4 is 17.0 Å². The molecule has 3 aliphatic heterocycles. The number of nitrogens with one attached hydrogen (secondary N) is 2. The maximum Gasteiger partial charge on any atom is 0.408 e. The number of ether oxygens (including phenoxy) is 1. The first-order valence-corrected chi connectivity index (χ1v) is 17.2. The van der Waals surface area contributed by atoms with E-state index in [1.807, 2.05) is 78.9 Å². The van der Waals surface area contributed by atoms with Crippen LogP contribution in [0, 0.1) is 5.92 Å². The zero-order valence-corrected chi connectivity index (χ0v) is 27.7. The van der Waals surface area contributed by atoms with Crippen LogP contribution in [0.15, 0.2) is 108 Å². The molecule has 258 valence electrons. The number of carboxylic acid groups (broad SMARTS) is 1. The quantitative estimate of drug-likeness (QED) is 0.112. The summed E-state index contributed by atoms with van der Waals surface area (Å²) >= 11 is 0. The van der Waals surface area contributed by atoms with E-state index < -0.39 is 18.2 Å². The van der Waals surface area contributed by atoms with Gasteiger partial charge in [-0.05, 0) is 83.9 Å². The molecule has 5 N–H and O–H groups in total. The summed E-state index contributed by atoms with van der Waals surface area (Å²) in [6.45, 7) is 4.01. The Hall–Kier alpha value is -5.16. The van der Waals surface area contributed by atoms with Crippen molar-refractivity contribution in [1.82, 2.24) is 20.1 Å². The molecular formula is C40H42N4O6. The molecule has 1 aromatic heterocycles. The predicted molar refractivity (Wildman–Crippen MR) is 191 cm³/mol. The number of aliphatic hydroxyl groups excluding tert-OH is 1. The maximum atomic E-state index is 13.0. The van der Waals surface area contributed by atoms with E-state index >= 15 is 0 Å². The van der Waals surface area contributed by atoms with Gasteiger partial charge in [0.05, 0.1) is 23.7 Å². The van der Waals surface area contributed by atoms with E-state index in [1.165, 1.54) is 12.1 Å². The van der Waals surface area contributed by atoms with E-state index in [0.717, 1.165) is 54.7 Å². The molecular weight excluding hydrogens is 632 g/mol. The first-order valence-electron chi connectivity index (χ1n) is 17.2. The Labute approximate surface area is 290 Å². The first-order chi connectivity index (χ1) is 24.3. The average molecular weight is 675 g/mol. The summed E-state index contributed by atoms with van der Waals surface area (Å²) in [4.78, 5) is 31.4. The zero-order valence-electron chi connectivity index (χ0n) is 27.7. The number of aromatic amines is 1. The molecule has 0 spiro atoms. The van der Waals surface area contributed by atoms with Crippen molar-refractivity contribution in [2.24, 2.45) is 5.92 Å². The van der Waals surface area contributed by atoms with Gasteiger partial charge in [0, 0.05) is 31.1 Å². The molecule has 4 heterocycles. The van der Waals surface area contributed by atoms with Crippen LogP contribution < -0.4 is 15.6 Å². The molecule has 10 nitrogen and oxygen atoms in total. The van der Waals surface area contributed by atoms with Crippen molar-refractivity contribution < 1.29 is 24.9 Å². The lowest BCUT2D eigenvalue weighted by Crippen LogP contribution is -2.59. The number of benzene rings is 4. The Kier molecular flexibility index (Phi) is 9.84. The summed E-state index contributed by atoms with van der Waals surface area (Å²) in [5.41, 5.74) is 4.44. The van der Waals surface area contributed by atoms with Crippen LogP contribution in [0.25, 0.3) is 10.9 Å². The van der Waals surface area contributed by atoms with Crippen molar-refractivity contribution in [3.8, 4) is 11.5 Å². The number of aliphatic hydroxyl groups is 1. The van der Waals surface area contributed by atoms with Gasteiger partial charge in [-0.15, -0.1) is 0 Å². The fourth-order valence-electron chi connectivity index (χ4n) is 7.55. The minimum atomic E-state index is -0.903. The van der Waals surface area contributed by atoms with Gasteiger partial charge in [-0.2, -0.15) is 0 Å². The second kappa shape index (κ2) is 14.8. The smallest absolute Gasteiger partial charge is 0.408 e. The largest absolute Gasteiger partial charge is 0.506 e. The Bertz CT molecular complexity index is 1990. The monoisotopic (exact) mass is 674 g/mol. The Balaban J connectivity index is 0.994. The van der Waals surface area contributed by atoms with Gasteiger partial charge in [0.1, 0.15) is 18.1 Å². The second-order valence-corrected chi connectivity index (χ2v) is 13.3. The van der Waals surface area contributed by atoms with E-state index in [0.29, 0.717) is 41.3 Å². The molecule has 0 saturated carbocycles. The summed E-state index contributed by atoms with van der Waals surface area (Å²) in [5, 5.41) is 35.5. The van der Waals surface area contributed by atoms with Crippen molar-refractivity contribution in [3.05, 3.63) is 141 Å². The molecule has 2 bridgehead atoms. The Morgan fingerprint density at radius 2 is 1.66 bits per heavy atom. The third kappa shape index (κ3) is 7.23. The minimum absolute atomic E-state index is 0.0424. The van der Waals surface area contributed by atoms with Gasteiger partial charge in [0.2, 0.25) is 5.56 Å². The standard InChI is InChI=1S/C40H42N4O6/c45-35-15-13-32(33-14-16-37(47)42-38(33)35)36(46)23-41-22-26-9-11-27(12-10-26)25-50-31-8-4-7-30(21-31)39(29-5-2-1-3-6-29)44(40(48)49)34-24-43-19-17-28(34)18-20-43/h1-16,21,28,34,36,39,41,45-46H,17-20,22-25H2,(H,42,47)(H,48,49). The fourth-order valence-corrected chi connectivity index (χ4v) is 7.55. The van der Waals surface area contributed by atoms with Crippen LogP contribution >= 0.6 is 0 Å². The Morgan fingerprint density at radius 1 is 0.920 bits per heavy atom. The third-order valence-corrected chi connectivity index (χ3v) is 10.1. The number of carbonyl (C=O) groups is 1. The first kappa shape index (κ1) is 33.3. The van der Waals surface area contributed by atoms with E-state index in [9.17, 15) is 24.9 Å². The van der Waals surface area contributed by atoms with Gasteiger partial charge < -0.3 is 35.3 Å². The van der Waals surface area contributed by atoms with Crippen LogP contribution in [0.1, 0.15) is 52.8 Å². The molecule has 3 atom stereocenters. The second-order valence-electron chi connectivity index (χ2n) is 13.3. The number of pyridine rings is 1. The Morgan fingerprint density at radius 3 is 2.38 bits per heavy atom. The molecule has 4 aromatic carbocycles. The normalized spacial score (nSPS) is 19.6. The number of piperidine rings is 3. The van der Waals surface area contributed by atoms with E-state index in [2.05, 4.69) is 15.2 Å². The van der Waals surface area contributed by atoms with Gasteiger partial charge in [-0.25, -0.2) is 4.79 Å². The number of amides is 1. The molecule has 1 amide bonds. The molecule has 50 heavy (non-hydrogen) atoms. The van der Waals surface area contributed by atoms with Crippen molar-refractivity contribution in [1.29, 1.82) is 0 Å². The van der Waals surface area contributed by atoms with Gasteiger partial charge in [-0.3, -0.25) is 9.69 Å². The highest BCUT2D eigenvalue weighted by atomic mass is 16.5. The molecule has 10 heteroatoms. The number of phenolic OH excluding ortho intramolecular Hbond substituents is 1. The predicted octanol–water partition coefficient (Wildman–Crippen LogP) is 5.80. The number of fused-ring (bicyclic) bond motifs is 4. The van der Waals surface area contributed by atoms with Crippen LogP contribution in [0.5, 0.6) is 11.5 Å². The summed E-state index contributed by atoms with van der Waals surface area (Å²) in [7, 11) is 0. The summed E-state index contributed by atoms with van der Waals surface area (Å²) in [6, 6.07) is 31.3. The molecule has 0 aliphatic carbocycles. The van der Waals surface area contributed by atoms with E-state index in [-0.39, 0.29) is 23.9 Å². The van der Waals surface area contributed by atoms with Crippen LogP contribution in [0.2, 0.25) is 0 Å². The number of rotatable bonds is 12. The van der Waals surface area contributed by atoms with Crippen LogP contribution in [-0.4, -0.2) is 68.4 Å². The summed E-state index contributed by atoms with van der Waals surface area (Å²) in [5.74, 6) is 0.991. The van der Waals surface area contributed by atoms with E-state index in [1.54, 1.807) is 17.0 Å². The summed E-state index contributed by atoms with van der Waals surface area (Å²) < 4.78 is 6.24. The number of nitrogens with zero attached hydrogens (tertiary/aromatic N) is 2. The SMILES string of the molecule is O=C(O)N(C(c1ccccc1)c1cccc(OCc2ccc(CNCC(O)c3ccc(O)c4[nH]c(=O)ccc34)cc2)c1)C1CN2CCC1CC2. The van der Waals surface area contributed by atoms with Crippen molar-refractivity contribution in [2.75, 3.05) is 26.2 Å². The molecule has 3 saturated heterocycles. The van der Waals surface area contributed by atoms with Crippen molar-refractivity contribution in [3.63, 3.8) is 0 Å². The van der Waals surface area contributed by atoms with Gasteiger partial charge in [0.25, 0.3) is 0 Å². The lowest BCUT2D eigenvalue weighted by Gasteiger charge is -2.50. The number of hydrogen-bond donors (Lipinski definition) is 5. The third-order valence-electron chi connectivity index (χ3n) is 10.1. The maximum absolute atomic E-state index is 13.0. The number of phenols is 1. The topological polar surface area (TPSA) is 138 Å². The highest BCUT2D eigenvalue weighted by molar-refractivity contribution is 5.87. The fraction of sp³-hybridized carbons (Fsp3) is 0.300. The number of H-pyrrole nitrogens is 1. The zero-order chi connectivity index (χ0) is 34.6. The molecule has 3 aliphatic rings.